The molecule has 144 valence electrons. The van der Waals surface area contributed by atoms with Gasteiger partial charge in [-0.2, -0.15) is 0 Å². The van der Waals surface area contributed by atoms with Crippen LogP contribution in [0, 0.1) is 5.82 Å². The van der Waals surface area contributed by atoms with Crippen LogP contribution in [0.5, 0.6) is 11.5 Å². The van der Waals surface area contributed by atoms with Gasteiger partial charge in [0.25, 0.3) is 10.0 Å². The lowest BCUT2D eigenvalue weighted by molar-refractivity contribution is 0.0729. The fourth-order valence-electron chi connectivity index (χ4n) is 2.38. The molecule has 0 aliphatic carbocycles. The Morgan fingerprint density at radius 2 is 1.50 bits per heavy atom. The van der Waals surface area contributed by atoms with Crippen molar-refractivity contribution in [1.29, 1.82) is 0 Å². The van der Waals surface area contributed by atoms with Crippen LogP contribution in [0.1, 0.15) is 10.4 Å². The largest absolute Gasteiger partial charge is 0.493 e. The topological polar surface area (TPSA) is 81.7 Å². The Labute approximate surface area is 161 Å². The molecule has 0 unspecified atom stereocenters. The van der Waals surface area contributed by atoms with Crippen molar-refractivity contribution in [3.05, 3.63) is 84.2 Å². The van der Waals surface area contributed by atoms with E-state index in [2.05, 4.69) is 4.72 Å². The third-order valence-corrected chi connectivity index (χ3v) is 5.17. The fourth-order valence-corrected chi connectivity index (χ4v) is 3.45. The second kappa shape index (κ2) is 8.10. The lowest BCUT2D eigenvalue weighted by atomic mass is 10.2. The van der Waals surface area contributed by atoms with Gasteiger partial charge in [0.15, 0.2) is 11.5 Å². The SMILES string of the molecule is COc1ccccc1OC(=O)c1ccc(S(=O)(=O)Nc2ccccc2F)cc1. The van der Waals surface area contributed by atoms with Gasteiger partial charge in [0.05, 0.1) is 23.3 Å². The first-order valence-corrected chi connectivity index (χ1v) is 9.61. The third-order valence-electron chi connectivity index (χ3n) is 3.79. The number of nitrogens with one attached hydrogen (secondary N) is 1. The Hall–Kier alpha value is -3.39. The van der Waals surface area contributed by atoms with E-state index in [1.165, 1.54) is 49.6 Å². The highest BCUT2D eigenvalue weighted by molar-refractivity contribution is 7.92. The summed E-state index contributed by atoms with van der Waals surface area (Å²) >= 11 is 0. The number of methoxy groups -OCH3 is 1. The van der Waals surface area contributed by atoms with E-state index in [-0.39, 0.29) is 21.9 Å². The van der Waals surface area contributed by atoms with Crippen LogP contribution in [0.3, 0.4) is 0 Å². The summed E-state index contributed by atoms with van der Waals surface area (Å²) in [4.78, 5) is 12.2. The van der Waals surface area contributed by atoms with E-state index in [0.29, 0.717) is 5.75 Å². The molecular weight excluding hydrogens is 385 g/mol. The van der Waals surface area contributed by atoms with Gasteiger partial charge in [0, 0.05) is 0 Å². The van der Waals surface area contributed by atoms with Crippen molar-refractivity contribution in [1.82, 2.24) is 0 Å². The number of carbonyl (C=O) groups excluding carboxylic acids is 1. The number of carbonyl (C=O) groups is 1. The Morgan fingerprint density at radius 1 is 0.893 bits per heavy atom. The van der Waals surface area contributed by atoms with Crippen LogP contribution in [0.2, 0.25) is 0 Å². The fraction of sp³-hybridized carbons (Fsp3) is 0.0500. The first kappa shape index (κ1) is 19.4. The zero-order chi connectivity index (χ0) is 20.1. The van der Waals surface area contributed by atoms with Gasteiger partial charge in [0.1, 0.15) is 5.82 Å². The van der Waals surface area contributed by atoms with Gasteiger partial charge in [-0.3, -0.25) is 4.72 Å². The first-order chi connectivity index (χ1) is 13.4. The molecule has 0 aromatic heterocycles. The van der Waals surface area contributed by atoms with E-state index < -0.39 is 21.8 Å². The number of anilines is 1. The van der Waals surface area contributed by atoms with Crippen molar-refractivity contribution in [3.63, 3.8) is 0 Å². The van der Waals surface area contributed by atoms with Crippen molar-refractivity contribution in [2.75, 3.05) is 11.8 Å². The van der Waals surface area contributed by atoms with Crippen LogP contribution in [-0.4, -0.2) is 21.5 Å². The van der Waals surface area contributed by atoms with Gasteiger partial charge in [-0.15, -0.1) is 0 Å². The molecule has 3 aromatic rings. The molecule has 0 saturated heterocycles. The molecule has 0 bridgehead atoms. The van der Waals surface area contributed by atoms with Crippen LogP contribution in [0.25, 0.3) is 0 Å². The average molecular weight is 401 g/mol. The number of ether oxygens (including phenoxy) is 2. The summed E-state index contributed by atoms with van der Waals surface area (Å²) < 4.78 is 51.0. The van der Waals surface area contributed by atoms with Crippen LogP contribution in [0.4, 0.5) is 10.1 Å². The predicted molar refractivity (Wildman–Crippen MR) is 102 cm³/mol. The summed E-state index contributed by atoms with van der Waals surface area (Å²) in [5, 5.41) is 0. The molecule has 0 atom stereocenters. The molecule has 6 nitrogen and oxygen atoms in total. The zero-order valence-electron chi connectivity index (χ0n) is 14.8. The molecule has 1 N–H and O–H groups in total. The van der Waals surface area contributed by atoms with E-state index in [9.17, 15) is 17.6 Å². The number of rotatable bonds is 6. The van der Waals surface area contributed by atoms with Gasteiger partial charge < -0.3 is 9.47 Å². The number of benzene rings is 3. The Bertz CT molecular complexity index is 1100. The van der Waals surface area contributed by atoms with E-state index in [1.807, 2.05) is 0 Å². The summed E-state index contributed by atoms with van der Waals surface area (Å²) in [7, 11) is -2.56. The minimum Gasteiger partial charge on any atom is -0.493 e. The van der Waals surface area contributed by atoms with Gasteiger partial charge >= 0.3 is 5.97 Å². The van der Waals surface area contributed by atoms with Crippen LogP contribution in [0.15, 0.2) is 77.7 Å². The van der Waals surface area contributed by atoms with Crippen molar-refractivity contribution >= 4 is 21.7 Å². The summed E-state index contributed by atoms with van der Waals surface area (Å²) in [6, 6.07) is 17.2. The van der Waals surface area contributed by atoms with Crippen LogP contribution in [-0.2, 0) is 10.0 Å². The molecule has 3 rings (SSSR count). The average Bonchev–Trinajstić information content (AvgIpc) is 2.70. The van der Waals surface area contributed by atoms with E-state index in [4.69, 9.17) is 9.47 Å². The molecule has 0 fully saturated rings. The Kier molecular flexibility index (Phi) is 5.60. The normalized spacial score (nSPS) is 10.9. The Morgan fingerprint density at radius 3 is 2.14 bits per heavy atom. The highest BCUT2D eigenvalue weighted by Crippen LogP contribution is 2.27. The van der Waals surface area contributed by atoms with Gasteiger partial charge in [-0.1, -0.05) is 24.3 Å². The van der Waals surface area contributed by atoms with Crippen molar-refractivity contribution < 1.29 is 27.1 Å². The number of hydrogen-bond acceptors (Lipinski definition) is 5. The molecule has 0 aliphatic rings. The molecule has 8 heteroatoms. The number of sulfonamides is 1. The molecule has 0 saturated carbocycles. The summed E-state index contributed by atoms with van der Waals surface area (Å²) in [6.45, 7) is 0. The molecule has 0 aliphatic heterocycles. The van der Waals surface area contributed by atoms with E-state index >= 15 is 0 Å². The van der Waals surface area contributed by atoms with E-state index in [0.717, 1.165) is 6.07 Å². The summed E-state index contributed by atoms with van der Waals surface area (Å²) in [6.07, 6.45) is 0. The minimum absolute atomic E-state index is 0.121. The van der Waals surface area contributed by atoms with Crippen LogP contribution < -0.4 is 14.2 Å². The molecular formula is C20H16FNO5S. The maximum Gasteiger partial charge on any atom is 0.343 e. The third kappa shape index (κ3) is 4.29. The maximum absolute atomic E-state index is 13.7. The summed E-state index contributed by atoms with van der Waals surface area (Å²) in [5.74, 6) is -0.726. The molecule has 0 amide bonds. The minimum atomic E-state index is -4.01. The smallest absolute Gasteiger partial charge is 0.343 e. The highest BCUT2D eigenvalue weighted by Gasteiger charge is 2.18. The second-order valence-electron chi connectivity index (χ2n) is 5.65. The van der Waals surface area contributed by atoms with E-state index in [1.54, 1.807) is 24.3 Å². The monoisotopic (exact) mass is 401 g/mol. The van der Waals surface area contributed by atoms with Gasteiger partial charge in [-0.05, 0) is 48.5 Å². The number of para-hydroxylation sites is 3. The molecule has 0 radical (unpaired) electrons. The molecule has 0 heterocycles. The maximum atomic E-state index is 13.7. The van der Waals surface area contributed by atoms with Crippen LogP contribution >= 0.6 is 0 Å². The van der Waals surface area contributed by atoms with Crippen molar-refractivity contribution in [2.24, 2.45) is 0 Å². The van der Waals surface area contributed by atoms with Crippen molar-refractivity contribution in [3.8, 4) is 11.5 Å². The second-order valence-corrected chi connectivity index (χ2v) is 7.33. The number of hydrogen-bond donors (Lipinski definition) is 1. The standard InChI is InChI=1S/C20H16FNO5S/c1-26-18-8-4-5-9-19(18)27-20(23)14-10-12-15(13-11-14)28(24,25)22-17-7-3-2-6-16(17)21/h2-13,22H,1H3. The van der Waals surface area contributed by atoms with Gasteiger partial charge in [-0.25, -0.2) is 17.6 Å². The van der Waals surface area contributed by atoms with Gasteiger partial charge in [0.2, 0.25) is 0 Å². The first-order valence-electron chi connectivity index (χ1n) is 8.13. The molecule has 0 spiro atoms. The van der Waals surface area contributed by atoms with Crippen molar-refractivity contribution in [2.45, 2.75) is 4.90 Å². The lowest BCUT2D eigenvalue weighted by Crippen LogP contribution is -2.14. The molecule has 28 heavy (non-hydrogen) atoms. The quantitative estimate of drug-likeness (QED) is 0.501. The zero-order valence-corrected chi connectivity index (χ0v) is 15.6. The molecule has 3 aromatic carbocycles. The summed E-state index contributed by atoms with van der Waals surface area (Å²) in [5.41, 5.74) is -0.0158. The number of esters is 1. The lowest BCUT2D eigenvalue weighted by Gasteiger charge is -2.10. The number of halogens is 1. The Balaban J connectivity index is 1.77. The predicted octanol–water partition coefficient (Wildman–Crippen LogP) is 3.85. The highest BCUT2D eigenvalue weighted by atomic mass is 32.2.